The summed E-state index contributed by atoms with van der Waals surface area (Å²) in [5, 5.41) is 26.8. The number of aromatic nitrogens is 5. The number of hydrogen-bond acceptors (Lipinski definition) is 7. The average Bonchev–Trinajstić information content (AvgIpc) is 3.33. The van der Waals surface area contributed by atoms with E-state index in [4.69, 9.17) is 0 Å². The summed E-state index contributed by atoms with van der Waals surface area (Å²) in [6.07, 6.45) is 1.49. The summed E-state index contributed by atoms with van der Waals surface area (Å²) in [6.45, 7) is 1.75. The lowest BCUT2D eigenvalue weighted by molar-refractivity contribution is -0.387. The minimum atomic E-state index is -0.553. The number of amides is 1. The number of nitro groups is 1. The van der Waals surface area contributed by atoms with Gasteiger partial charge in [0.25, 0.3) is 11.6 Å². The van der Waals surface area contributed by atoms with Gasteiger partial charge in [-0.1, -0.05) is 0 Å². The van der Waals surface area contributed by atoms with Gasteiger partial charge in [0.15, 0.2) is 5.16 Å². The molecule has 0 radical (unpaired) electrons. The molecule has 12 heteroatoms. The third-order valence-electron chi connectivity index (χ3n) is 4.43. The van der Waals surface area contributed by atoms with E-state index in [1.54, 1.807) is 24.6 Å². The van der Waals surface area contributed by atoms with Gasteiger partial charge in [0.1, 0.15) is 18.0 Å². The third-order valence-corrected chi connectivity index (χ3v) is 5.55. The number of anilines is 1. The molecule has 2 aromatic heterocycles. The molecule has 0 saturated heterocycles. The van der Waals surface area contributed by atoms with Crippen LogP contribution >= 0.6 is 11.8 Å². The summed E-state index contributed by atoms with van der Waals surface area (Å²) < 4.78 is 16.3. The maximum absolute atomic E-state index is 13.3. The third kappa shape index (κ3) is 4.34. The van der Waals surface area contributed by atoms with Crippen molar-refractivity contribution < 1.29 is 14.1 Å². The molecule has 0 aliphatic rings. The molecule has 1 N–H and O–H groups in total. The average molecular weight is 453 g/mol. The molecule has 0 spiro atoms. The SMILES string of the molecule is Cc1cc(NC(=O)c2ccc(Sc3nncn3C)c([N+](=O)[O-])c2)n(-c2ccc(F)cc2)n1. The predicted octanol–water partition coefficient (Wildman–Crippen LogP) is 3.76. The highest BCUT2D eigenvalue weighted by Crippen LogP contribution is 2.34. The predicted molar refractivity (Wildman–Crippen MR) is 114 cm³/mol. The zero-order valence-electron chi connectivity index (χ0n) is 16.9. The van der Waals surface area contributed by atoms with Crippen molar-refractivity contribution in [3.8, 4) is 5.69 Å². The topological polar surface area (TPSA) is 121 Å². The van der Waals surface area contributed by atoms with Crippen molar-refractivity contribution >= 4 is 29.2 Å². The van der Waals surface area contributed by atoms with Crippen molar-refractivity contribution in [3.63, 3.8) is 0 Å². The Labute approximate surface area is 185 Å². The van der Waals surface area contributed by atoms with Crippen LogP contribution in [0.4, 0.5) is 15.9 Å². The van der Waals surface area contributed by atoms with Crippen LogP contribution in [0.1, 0.15) is 16.1 Å². The first-order valence-corrected chi connectivity index (χ1v) is 10.1. The Hall–Kier alpha value is -4.06. The van der Waals surface area contributed by atoms with Gasteiger partial charge in [0, 0.05) is 24.7 Å². The summed E-state index contributed by atoms with van der Waals surface area (Å²) >= 11 is 1.08. The van der Waals surface area contributed by atoms with Gasteiger partial charge in [-0.2, -0.15) is 5.10 Å². The maximum Gasteiger partial charge on any atom is 0.284 e. The van der Waals surface area contributed by atoms with Crippen molar-refractivity contribution in [1.29, 1.82) is 0 Å². The Kier molecular flexibility index (Phi) is 5.69. The van der Waals surface area contributed by atoms with Crippen molar-refractivity contribution in [2.45, 2.75) is 17.0 Å². The van der Waals surface area contributed by atoms with Crippen LogP contribution in [0, 0.1) is 22.9 Å². The Morgan fingerprint density at radius 3 is 2.59 bits per heavy atom. The number of nitrogens with one attached hydrogen (secondary N) is 1. The molecule has 0 fully saturated rings. The molecule has 162 valence electrons. The van der Waals surface area contributed by atoms with Crippen molar-refractivity contribution in [2.24, 2.45) is 7.05 Å². The van der Waals surface area contributed by atoms with Crippen LogP contribution in [0.5, 0.6) is 0 Å². The number of benzene rings is 2. The summed E-state index contributed by atoms with van der Waals surface area (Å²) in [4.78, 5) is 24.2. The van der Waals surface area contributed by atoms with E-state index >= 15 is 0 Å². The Morgan fingerprint density at radius 1 is 1.19 bits per heavy atom. The Morgan fingerprint density at radius 2 is 1.94 bits per heavy atom. The molecule has 2 aromatic carbocycles. The molecular weight excluding hydrogens is 437 g/mol. The maximum atomic E-state index is 13.3. The molecule has 0 bridgehead atoms. The molecule has 0 atom stereocenters. The summed E-state index contributed by atoms with van der Waals surface area (Å²) in [5.74, 6) is -0.597. The second kappa shape index (κ2) is 8.59. The molecule has 2 heterocycles. The van der Waals surface area contributed by atoms with E-state index in [0.29, 0.717) is 27.3 Å². The molecule has 10 nitrogen and oxygen atoms in total. The van der Waals surface area contributed by atoms with Crippen LogP contribution in [0.15, 0.2) is 64.9 Å². The Bertz CT molecular complexity index is 1320. The number of nitrogens with zero attached hydrogens (tertiary/aromatic N) is 6. The fourth-order valence-electron chi connectivity index (χ4n) is 2.91. The van der Waals surface area contributed by atoms with E-state index in [1.807, 2.05) is 0 Å². The zero-order chi connectivity index (χ0) is 22.8. The number of hydrogen-bond donors (Lipinski definition) is 1. The summed E-state index contributed by atoms with van der Waals surface area (Å²) in [6, 6.07) is 11.5. The van der Waals surface area contributed by atoms with Gasteiger partial charge in [-0.05, 0) is 55.1 Å². The highest BCUT2D eigenvalue weighted by atomic mass is 32.2. The van der Waals surface area contributed by atoms with E-state index in [0.717, 1.165) is 11.8 Å². The highest BCUT2D eigenvalue weighted by molar-refractivity contribution is 7.99. The zero-order valence-corrected chi connectivity index (χ0v) is 17.7. The Balaban J connectivity index is 1.62. The second-order valence-corrected chi connectivity index (χ2v) is 7.79. The van der Waals surface area contributed by atoms with Crippen molar-refractivity contribution in [1.82, 2.24) is 24.5 Å². The fourth-order valence-corrected chi connectivity index (χ4v) is 3.76. The standard InChI is InChI=1S/C20H16FN7O3S/c1-12-9-18(27(25-12)15-6-4-14(21)5-7-15)23-19(29)13-3-8-17(16(10-13)28(30)31)32-20-24-22-11-26(20)2/h3-11H,1-2H3,(H,23,29). The van der Waals surface area contributed by atoms with Gasteiger partial charge >= 0.3 is 0 Å². The van der Waals surface area contributed by atoms with Crippen LogP contribution in [-0.2, 0) is 7.05 Å². The lowest BCUT2D eigenvalue weighted by Crippen LogP contribution is -2.15. The molecule has 0 aliphatic heterocycles. The quantitative estimate of drug-likeness (QED) is 0.348. The smallest absolute Gasteiger partial charge is 0.284 e. The van der Waals surface area contributed by atoms with Gasteiger partial charge in [-0.15, -0.1) is 10.2 Å². The van der Waals surface area contributed by atoms with Crippen LogP contribution in [0.25, 0.3) is 5.69 Å². The number of carbonyl (C=O) groups is 1. The lowest BCUT2D eigenvalue weighted by Gasteiger charge is -2.10. The normalized spacial score (nSPS) is 10.8. The van der Waals surface area contributed by atoms with Gasteiger partial charge < -0.3 is 9.88 Å². The molecule has 4 rings (SSSR count). The number of nitro benzene ring substituents is 1. The monoisotopic (exact) mass is 453 g/mol. The minimum Gasteiger partial charge on any atom is -0.311 e. The van der Waals surface area contributed by atoms with E-state index in [2.05, 4.69) is 20.6 Å². The van der Waals surface area contributed by atoms with Crippen molar-refractivity contribution in [2.75, 3.05) is 5.32 Å². The first-order chi connectivity index (χ1) is 15.3. The second-order valence-electron chi connectivity index (χ2n) is 6.78. The summed E-state index contributed by atoms with van der Waals surface area (Å²) in [5.41, 5.74) is 1.06. The van der Waals surface area contributed by atoms with Crippen LogP contribution < -0.4 is 5.32 Å². The number of aryl methyl sites for hydroxylation is 2. The lowest BCUT2D eigenvalue weighted by atomic mass is 10.2. The van der Waals surface area contributed by atoms with E-state index in [9.17, 15) is 19.3 Å². The largest absolute Gasteiger partial charge is 0.311 e. The molecule has 4 aromatic rings. The molecule has 0 unspecified atom stereocenters. The first kappa shape index (κ1) is 21.2. The first-order valence-electron chi connectivity index (χ1n) is 9.26. The van der Waals surface area contributed by atoms with Gasteiger partial charge in [0.05, 0.1) is 21.2 Å². The summed E-state index contributed by atoms with van der Waals surface area (Å²) in [7, 11) is 1.72. The van der Waals surface area contributed by atoms with E-state index in [-0.39, 0.29) is 11.3 Å². The number of carbonyl (C=O) groups excluding carboxylic acids is 1. The molecule has 32 heavy (non-hydrogen) atoms. The van der Waals surface area contributed by atoms with Crippen LogP contribution in [0.2, 0.25) is 0 Å². The van der Waals surface area contributed by atoms with Gasteiger partial charge in [-0.25, -0.2) is 9.07 Å². The van der Waals surface area contributed by atoms with Crippen LogP contribution in [-0.4, -0.2) is 35.4 Å². The van der Waals surface area contributed by atoms with Gasteiger partial charge in [0.2, 0.25) is 0 Å². The molecule has 0 saturated carbocycles. The highest BCUT2D eigenvalue weighted by Gasteiger charge is 2.21. The molecule has 1 amide bonds. The minimum absolute atomic E-state index is 0.100. The fraction of sp³-hybridized carbons (Fsp3) is 0.100. The molecular formula is C20H16FN7O3S. The van der Waals surface area contributed by atoms with Crippen LogP contribution in [0.3, 0.4) is 0 Å². The van der Waals surface area contributed by atoms with E-state index in [1.165, 1.54) is 53.5 Å². The number of halogens is 1. The van der Waals surface area contributed by atoms with Crippen molar-refractivity contribution in [3.05, 3.63) is 82.0 Å². The molecule has 0 aliphatic carbocycles. The van der Waals surface area contributed by atoms with E-state index < -0.39 is 16.6 Å². The van der Waals surface area contributed by atoms with Gasteiger partial charge in [-0.3, -0.25) is 14.9 Å². The number of rotatable bonds is 6.